The van der Waals surface area contributed by atoms with Gasteiger partial charge in [-0.15, -0.1) is 0 Å². The Morgan fingerprint density at radius 2 is 2.22 bits per heavy atom. The largest absolute Gasteiger partial charge is 0.360 e. The highest BCUT2D eigenvalue weighted by Crippen LogP contribution is 2.32. The third kappa shape index (κ3) is 2.79. The SMILES string of the molecule is CCS[C@@H](C)C[C@H]1CC(=O)c2c(CC)noc2C1. The maximum Gasteiger partial charge on any atom is 0.168 e. The zero-order valence-corrected chi connectivity index (χ0v) is 12.2. The Morgan fingerprint density at radius 1 is 1.44 bits per heavy atom. The van der Waals surface area contributed by atoms with E-state index in [9.17, 15) is 4.79 Å². The fourth-order valence-electron chi connectivity index (χ4n) is 2.75. The Labute approximate surface area is 113 Å². The van der Waals surface area contributed by atoms with E-state index in [1.165, 1.54) is 0 Å². The standard InChI is InChI=1S/C14H21NO2S/c1-4-11-14-12(16)7-10(6-9(3)18-5-2)8-13(14)17-15-11/h9-10H,4-8H2,1-3H3/t9-,10-/m0/s1. The lowest BCUT2D eigenvalue weighted by atomic mass is 9.83. The number of hydrogen-bond donors (Lipinski definition) is 0. The van der Waals surface area contributed by atoms with Crippen molar-refractivity contribution < 1.29 is 9.32 Å². The van der Waals surface area contributed by atoms with E-state index in [0.29, 0.717) is 17.6 Å². The molecular weight excluding hydrogens is 246 g/mol. The van der Waals surface area contributed by atoms with Gasteiger partial charge < -0.3 is 4.52 Å². The molecule has 1 aromatic rings. The number of carbonyl (C=O) groups is 1. The number of nitrogens with zero attached hydrogens (tertiary/aromatic N) is 1. The molecule has 0 radical (unpaired) electrons. The summed E-state index contributed by atoms with van der Waals surface area (Å²) < 4.78 is 5.34. The summed E-state index contributed by atoms with van der Waals surface area (Å²) in [4.78, 5) is 12.2. The topological polar surface area (TPSA) is 43.1 Å². The molecule has 0 spiro atoms. The summed E-state index contributed by atoms with van der Waals surface area (Å²) in [5, 5.41) is 4.63. The summed E-state index contributed by atoms with van der Waals surface area (Å²) >= 11 is 1.96. The molecule has 0 N–H and O–H groups in total. The van der Waals surface area contributed by atoms with Gasteiger partial charge >= 0.3 is 0 Å². The molecule has 1 aliphatic carbocycles. The highest BCUT2D eigenvalue weighted by Gasteiger charge is 2.31. The van der Waals surface area contributed by atoms with Gasteiger partial charge in [-0.2, -0.15) is 11.8 Å². The number of carbonyl (C=O) groups excluding carboxylic acids is 1. The van der Waals surface area contributed by atoms with E-state index in [1.807, 2.05) is 18.7 Å². The molecule has 1 heterocycles. The average Bonchev–Trinajstić information content (AvgIpc) is 2.72. The molecule has 0 saturated heterocycles. The molecule has 2 atom stereocenters. The zero-order valence-electron chi connectivity index (χ0n) is 11.4. The van der Waals surface area contributed by atoms with Crippen LogP contribution in [0.25, 0.3) is 0 Å². The Morgan fingerprint density at radius 3 is 2.89 bits per heavy atom. The van der Waals surface area contributed by atoms with Crippen LogP contribution in [0.3, 0.4) is 0 Å². The Bertz CT molecular complexity index is 427. The van der Waals surface area contributed by atoms with Crippen molar-refractivity contribution in [2.24, 2.45) is 5.92 Å². The van der Waals surface area contributed by atoms with Crippen LogP contribution in [0.5, 0.6) is 0 Å². The van der Waals surface area contributed by atoms with E-state index >= 15 is 0 Å². The van der Waals surface area contributed by atoms with Gasteiger partial charge in [0.2, 0.25) is 0 Å². The van der Waals surface area contributed by atoms with Gasteiger partial charge in [0.05, 0.1) is 11.3 Å². The Kier molecular flexibility index (Phi) is 4.49. The molecule has 0 aliphatic heterocycles. The van der Waals surface area contributed by atoms with Crippen molar-refractivity contribution >= 4 is 17.5 Å². The van der Waals surface area contributed by atoms with Gasteiger partial charge in [-0.1, -0.05) is 25.9 Å². The van der Waals surface area contributed by atoms with Crippen LogP contribution in [-0.2, 0) is 12.8 Å². The minimum atomic E-state index is 0.230. The van der Waals surface area contributed by atoms with Crippen LogP contribution in [0.2, 0.25) is 0 Å². The lowest BCUT2D eigenvalue weighted by molar-refractivity contribution is 0.0940. The normalized spacial score (nSPS) is 20.8. The molecule has 1 aliphatic rings. The van der Waals surface area contributed by atoms with Gasteiger partial charge in [0, 0.05) is 18.1 Å². The second kappa shape index (κ2) is 5.91. The van der Waals surface area contributed by atoms with Crippen molar-refractivity contribution in [3.8, 4) is 0 Å². The van der Waals surface area contributed by atoms with E-state index in [0.717, 1.165) is 42.0 Å². The molecule has 2 rings (SSSR count). The number of Topliss-reactive ketones (excluding diaryl/α,β-unsaturated/α-hetero) is 1. The van der Waals surface area contributed by atoms with Crippen molar-refractivity contribution in [3.05, 3.63) is 17.0 Å². The molecule has 0 bridgehead atoms. The molecule has 18 heavy (non-hydrogen) atoms. The molecule has 4 heteroatoms. The van der Waals surface area contributed by atoms with Crippen LogP contribution in [0.1, 0.15) is 55.4 Å². The van der Waals surface area contributed by atoms with E-state index in [4.69, 9.17) is 4.52 Å². The predicted octanol–water partition coefficient (Wildman–Crippen LogP) is 3.51. The summed E-state index contributed by atoms with van der Waals surface area (Å²) in [6.07, 6.45) is 3.40. The molecule has 100 valence electrons. The van der Waals surface area contributed by atoms with Crippen LogP contribution < -0.4 is 0 Å². The minimum Gasteiger partial charge on any atom is -0.360 e. The lowest BCUT2D eigenvalue weighted by Crippen LogP contribution is -2.22. The maximum atomic E-state index is 12.2. The van der Waals surface area contributed by atoms with Crippen LogP contribution >= 0.6 is 11.8 Å². The summed E-state index contributed by atoms with van der Waals surface area (Å²) in [7, 11) is 0. The first-order valence-corrected chi connectivity index (χ1v) is 7.82. The van der Waals surface area contributed by atoms with Crippen molar-refractivity contribution in [2.75, 3.05) is 5.75 Å². The van der Waals surface area contributed by atoms with Crippen molar-refractivity contribution in [2.45, 2.75) is 51.7 Å². The van der Waals surface area contributed by atoms with Gasteiger partial charge in [0.25, 0.3) is 0 Å². The molecule has 0 fully saturated rings. The molecule has 0 amide bonds. The molecule has 0 unspecified atom stereocenters. The third-order valence-electron chi connectivity index (χ3n) is 3.51. The lowest BCUT2D eigenvalue weighted by Gasteiger charge is -2.22. The second-order valence-electron chi connectivity index (χ2n) is 4.98. The van der Waals surface area contributed by atoms with Crippen molar-refractivity contribution in [3.63, 3.8) is 0 Å². The fraction of sp³-hybridized carbons (Fsp3) is 0.714. The van der Waals surface area contributed by atoms with Gasteiger partial charge in [-0.3, -0.25) is 4.79 Å². The summed E-state index contributed by atoms with van der Waals surface area (Å²) in [5.41, 5.74) is 1.62. The van der Waals surface area contributed by atoms with Gasteiger partial charge in [-0.25, -0.2) is 0 Å². The van der Waals surface area contributed by atoms with Crippen LogP contribution in [0.4, 0.5) is 0 Å². The van der Waals surface area contributed by atoms with Crippen LogP contribution in [-0.4, -0.2) is 21.9 Å². The number of hydrogen-bond acceptors (Lipinski definition) is 4. The van der Waals surface area contributed by atoms with E-state index in [-0.39, 0.29) is 5.78 Å². The van der Waals surface area contributed by atoms with Crippen LogP contribution in [0, 0.1) is 5.92 Å². The molecule has 0 saturated carbocycles. The fourth-order valence-corrected chi connectivity index (χ4v) is 3.72. The van der Waals surface area contributed by atoms with Gasteiger partial charge in [0.15, 0.2) is 5.78 Å². The highest BCUT2D eigenvalue weighted by atomic mass is 32.2. The monoisotopic (exact) mass is 267 g/mol. The number of ketones is 1. The molecule has 1 aromatic heterocycles. The van der Waals surface area contributed by atoms with E-state index in [1.54, 1.807) is 0 Å². The first-order chi connectivity index (χ1) is 8.65. The highest BCUT2D eigenvalue weighted by molar-refractivity contribution is 7.99. The smallest absolute Gasteiger partial charge is 0.168 e. The number of fused-ring (bicyclic) bond motifs is 1. The quantitative estimate of drug-likeness (QED) is 0.818. The van der Waals surface area contributed by atoms with Gasteiger partial charge in [0.1, 0.15) is 5.76 Å². The van der Waals surface area contributed by atoms with Crippen molar-refractivity contribution in [1.82, 2.24) is 5.16 Å². The summed E-state index contributed by atoms with van der Waals surface area (Å²) in [5.74, 6) is 2.61. The number of thioether (sulfide) groups is 1. The minimum absolute atomic E-state index is 0.230. The van der Waals surface area contributed by atoms with Gasteiger partial charge in [-0.05, 0) is 24.5 Å². The maximum absolute atomic E-state index is 12.2. The number of rotatable bonds is 5. The second-order valence-corrected chi connectivity index (χ2v) is 6.70. The van der Waals surface area contributed by atoms with Crippen LogP contribution in [0.15, 0.2) is 4.52 Å². The predicted molar refractivity (Wildman–Crippen MR) is 74.2 cm³/mol. The average molecular weight is 267 g/mol. The summed E-state index contributed by atoms with van der Waals surface area (Å²) in [6.45, 7) is 6.43. The molecule has 0 aromatic carbocycles. The Hall–Kier alpha value is -0.770. The first kappa shape index (κ1) is 13.7. The van der Waals surface area contributed by atoms with E-state index in [2.05, 4.69) is 19.0 Å². The Balaban J connectivity index is 2.07. The third-order valence-corrected chi connectivity index (χ3v) is 4.61. The molecule has 3 nitrogen and oxygen atoms in total. The van der Waals surface area contributed by atoms with E-state index < -0.39 is 0 Å². The number of aryl methyl sites for hydroxylation is 1. The zero-order chi connectivity index (χ0) is 13.1. The first-order valence-electron chi connectivity index (χ1n) is 6.77. The molecular formula is C14H21NO2S. The van der Waals surface area contributed by atoms with Crippen molar-refractivity contribution in [1.29, 1.82) is 0 Å². The summed E-state index contributed by atoms with van der Waals surface area (Å²) in [6, 6.07) is 0. The number of aromatic nitrogens is 1.